The number of methoxy groups -OCH3 is 3. The first-order valence-electron chi connectivity index (χ1n) is 5.70. The summed E-state index contributed by atoms with van der Waals surface area (Å²) in [6.45, 7) is 0. The highest BCUT2D eigenvalue weighted by Gasteiger charge is 2.29. The molecule has 22 heavy (non-hydrogen) atoms. The molecule has 1 aromatic rings. The molecular formula is C12H13Cl3N2O4S. The fourth-order valence-corrected chi connectivity index (χ4v) is 2.35. The number of benzene rings is 1. The Labute approximate surface area is 147 Å². The van der Waals surface area contributed by atoms with Gasteiger partial charge in [0.15, 0.2) is 0 Å². The number of ether oxygens (including phenoxy) is 3. The van der Waals surface area contributed by atoms with Gasteiger partial charge in [0, 0.05) is 23.6 Å². The van der Waals surface area contributed by atoms with Crippen molar-refractivity contribution in [1.29, 1.82) is 0 Å². The fourth-order valence-electron chi connectivity index (χ4n) is 1.32. The second-order valence-electron chi connectivity index (χ2n) is 3.63. The molecule has 0 saturated carbocycles. The maximum atomic E-state index is 11.6. The Hall–Kier alpha value is -1.02. The van der Waals surface area contributed by atoms with Crippen molar-refractivity contribution in [3.8, 4) is 11.5 Å². The standard InChI is InChI=1S/C12H13Cl3N2O4S/c1-19-9-5-4-8(10(6-9)20-2)7-16-17(11(18)21-3)22-12(13,14)15/h4-7H,1-3H3. The summed E-state index contributed by atoms with van der Waals surface area (Å²) < 4.78 is 13.9. The van der Waals surface area contributed by atoms with E-state index in [9.17, 15) is 4.79 Å². The van der Waals surface area contributed by atoms with Crippen LogP contribution >= 0.6 is 46.8 Å². The van der Waals surface area contributed by atoms with Crippen LogP contribution in [-0.4, -0.2) is 41.2 Å². The predicted octanol–water partition coefficient (Wildman–Crippen LogP) is 4.08. The first-order chi connectivity index (χ1) is 10.3. The third-order valence-corrected chi connectivity index (χ3v) is 3.51. The summed E-state index contributed by atoms with van der Waals surface area (Å²) in [5.74, 6) is 1.13. The topological polar surface area (TPSA) is 60.4 Å². The third-order valence-electron chi connectivity index (χ3n) is 2.26. The number of hydrogen-bond donors (Lipinski definition) is 0. The van der Waals surface area contributed by atoms with E-state index in [0.29, 0.717) is 29.0 Å². The molecule has 10 heteroatoms. The summed E-state index contributed by atoms with van der Waals surface area (Å²) in [5.41, 5.74) is 0.599. The first-order valence-corrected chi connectivity index (χ1v) is 7.61. The zero-order valence-corrected chi connectivity index (χ0v) is 15.0. The minimum Gasteiger partial charge on any atom is -0.497 e. The normalized spacial score (nSPS) is 11.4. The van der Waals surface area contributed by atoms with Crippen molar-refractivity contribution in [1.82, 2.24) is 4.41 Å². The summed E-state index contributed by atoms with van der Waals surface area (Å²) in [7, 11) is 4.23. The Kier molecular flexibility index (Phi) is 7.41. The quantitative estimate of drug-likeness (QED) is 0.330. The maximum absolute atomic E-state index is 11.6. The van der Waals surface area contributed by atoms with Gasteiger partial charge in [0.05, 0.1) is 27.5 Å². The number of hydrogen-bond acceptors (Lipinski definition) is 6. The molecule has 0 aliphatic rings. The van der Waals surface area contributed by atoms with Crippen molar-refractivity contribution in [2.45, 2.75) is 3.12 Å². The number of rotatable bonds is 5. The maximum Gasteiger partial charge on any atom is 0.440 e. The summed E-state index contributed by atoms with van der Waals surface area (Å²) in [6.07, 6.45) is 0.582. The van der Waals surface area contributed by atoms with E-state index in [1.54, 1.807) is 25.3 Å². The van der Waals surface area contributed by atoms with E-state index >= 15 is 0 Å². The molecule has 1 aromatic carbocycles. The average Bonchev–Trinajstić information content (AvgIpc) is 2.49. The lowest BCUT2D eigenvalue weighted by atomic mass is 10.2. The molecule has 0 radical (unpaired) electrons. The van der Waals surface area contributed by atoms with Gasteiger partial charge in [0.2, 0.25) is 0 Å². The Bertz CT molecular complexity index is 552. The van der Waals surface area contributed by atoms with E-state index in [1.807, 2.05) is 0 Å². The van der Waals surface area contributed by atoms with Crippen LogP contribution < -0.4 is 9.47 Å². The number of halogens is 3. The van der Waals surface area contributed by atoms with Crippen molar-refractivity contribution in [3.63, 3.8) is 0 Å². The number of hydrazone groups is 1. The van der Waals surface area contributed by atoms with Crippen molar-refractivity contribution >= 4 is 59.1 Å². The molecule has 0 heterocycles. The minimum atomic E-state index is -1.77. The average molecular weight is 388 g/mol. The van der Waals surface area contributed by atoms with E-state index in [1.165, 1.54) is 20.4 Å². The van der Waals surface area contributed by atoms with Crippen LogP contribution in [0.1, 0.15) is 5.56 Å². The van der Waals surface area contributed by atoms with Crippen LogP contribution in [0.15, 0.2) is 23.3 Å². The third kappa shape index (κ3) is 6.00. The molecule has 0 spiro atoms. The number of carbonyl (C=O) groups excluding carboxylic acids is 1. The highest BCUT2D eigenvalue weighted by molar-refractivity contribution is 8.03. The predicted molar refractivity (Wildman–Crippen MR) is 89.3 cm³/mol. The Morgan fingerprint density at radius 2 is 1.95 bits per heavy atom. The van der Waals surface area contributed by atoms with E-state index < -0.39 is 9.22 Å². The summed E-state index contributed by atoms with van der Waals surface area (Å²) in [6, 6.07) is 5.09. The summed E-state index contributed by atoms with van der Waals surface area (Å²) in [4.78, 5) is 11.6. The van der Waals surface area contributed by atoms with E-state index in [0.717, 1.165) is 4.41 Å². The smallest absolute Gasteiger partial charge is 0.440 e. The van der Waals surface area contributed by atoms with Crippen molar-refractivity contribution < 1.29 is 19.0 Å². The molecule has 0 N–H and O–H groups in total. The zero-order valence-electron chi connectivity index (χ0n) is 11.9. The molecule has 0 unspecified atom stereocenters. The Morgan fingerprint density at radius 3 is 2.45 bits per heavy atom. The molecule has 122 valence electrons. The minimum absolute atomic E-state index is 0.506. The highest BCUT2D eigenvalue weighted by Crippen LogP contribution is 2.41. The molecule has 0 aliphatic carbocycles. The number of alkyl halides is 3. The van der Waals surface area contributed by atoms with Crippen LogP contribution in [0.25, 0.3) is 0 Å². The number of amides is 1. The van der Waals surface area contributed by atoms with Gasteiger partial charge < -0.3 is 14.2 Å². The molecular weight excluding hydrogens is 375 g/mol. The Balaban J connectivity index is 3.02. The molecule has 0 atom stereocenters. The van der Waals surface area contributed by atoms with Gasteiger partial charge in [-0.1, -0.05) is 34.8 Å². The van der Waals surface area contributed by atoms with Gasteiger partial charge in [-0.2, -0.15) is 5.10 Å². The first kappa shape index (κ1) is 19.0. The highest BCUT2D eigenvalue weighted by atomic mass is 35.6. The molecule has 0 fully saturated rings. The van der Waals surface area contributed by atoms with Crippen LogP contribution in [0.4, 0.5) is 4.79 Å². The fraction of sp³-hybridized carbons (Fsp3) is 0.333. The van der Waals surface area contributed by atoms with Crippen molar-refractivity contribution in [2.75, 3.05) is 21.3 Å². The molecule has 0 aliphatic heterocycles. The van der Waals surface area contributed by atoms with E-state index in [4.69, 9.17) is 44.3 Å². The van der Waals surface area contributed by atoms with Gasteiger partial charge in [0.1, 0.15) is 11.5 Å². The molecule has 0 saturated heterocycles. The van der Waals surface area contributed by atoms with Crippen molar-refractivity contribution in [3.05, 3.63) is 23.8 Å². The lowest BCUT2D eigenvalue weighted by Crippen LogP contribution is -2.22. The lowest BCUT2D eigenvalue weighted by molar-refractivity contribution is 0.153. The van der Waals surface area contributed by atoms with Gasteiger partial charge in [-0.05, 0) is 12.1 Å². The number of nitrogens with zero attached hydrogens (tertiary/aromatic N) is 2. The SMILES string of the molecule is COC(=O)N(N=Cc1ccc(OC)cc1OC)SC(Cl)(Cl)Cl. The van der Waals surface area contributed by atoms with Gasteiger partial charge in [-0.15, -0.1) is 4.41 Å². The van der Waals surface area contributed by atoms with Crippen LogP contribution in [-0.2, 0) is 4.74 Å². The number of carbonyl (C=O) groups is 1. The second kappa shape index (κ2) is 8.57. The molecule has 0 aromatic heterocycles. The van der Waals surface area contributed by atoms with Crippen LogP contribution in [0, 0.1) is 0 Å². The summed E-state index contributed by atoms with van der Waals surface area (Å²) >= 11 is 17.5. The monoisotopic (exact) mass is 386 g/mol. The van der Waals surface area contributed by atoms with E-state index in [2.05, 4.69) is 9.84 Å². The van der Waals surface area contributed by atoms with Crippen LogP contribution in [0.3, 0.4) is 0 Å². The lowest BCUT2D eigenvalue weighted by Gasteiger charge is -2.18. The largest absolute Gasteiger partial charge is 0.497 e. The molecule has 0 bridgehead atoms. The molecule has 6 nitrogen and oxygen atoms in total. The van der Waals surface area contributed by atoms with Crippen molar-refractivity contribution in [2.24, 2.45) is 5.10 Å². The van der Waals surface area contributed by atoms with Gasteiger partial charge in [0.25, 0.3) is 3.12 Å². The Morgan fingerprint density at radius 1 is 1.27 bits per heavy atom. The van der Waals surface area contributed by atoms with Gasteiger partial charge in [-0.25, -0.2) is 4.79 Å². The van der Waals surface area contributed by atoms with Gasteiger partial charge >= 0.3 is 6.09 Å². The summed E-state index contributed by atoms with van der Waals surface area (Å²) in [5, 5.41) is 3.94. The molecule has 1 amide bonds. The van der Waals surface area contributed by atoms with Crippen LogP contribution in [0.2, 0.25) is 0 Å². The van der Waals surface area contributed by atoms with Gasteiger partial charge in [-0.3, -0.25) is 0 Å². The van der Waals surface area contributed by atoms with Crippen LogP contribution in [0.5, 0.6) is 11.5 Å². The molecule has 1 rings (SSSR count). The van der Waals surface area contributed by atoms with E-state index in [-0.39, 0.29) is 0 Å². The second-order valence-corrected chi connectivity index (χ2v) is 7.73. The zero-order chi connectivity index (χ0) is 16.8.